The Morgan fingerprint density at radius 2 is 1.87 bits per heavy atom. The number of carboxylic acid groups (broad SMARTS) is 1. The Labute approximate surface area is 244 Å². The molecule has 0 spiro atoms. The van der Waals surface area contributed by atoms with E-state index in [9.17, 15) is 38.6 Å². The second-order valence-corrected chi connectivity index (χ2v) is 12.3. The van der Waals surface area contributed by atoms with Gasteiger partial charge in [-0.1, -0.05) is 25.5 Å². The molecule has 0 unspecified atom stereocenters. The van der Waals surface area contributed by atoms with Crippen LogP contribution >= 0.6 is 7.82 Å². The minimum absolute atomic E-state index is 0. The number of allylic oxidation sites excluding steroid dienone is 4. The van der Waals surface area contributed by atoms with Crippen LogP contribution in [0, 0.1) is 28.6 Å². The standard InChI is InChI=1S/C25H33O11P.Na.H/c1-23-9-7-15(26)11-14(23)3-4-16-17-8-10-25(36-37(32,33)34,24(17,2)12-18(27)22(16)23)19(28)13-35-21(31)6-5-20(29)30;;/h7,9,11,16-18,22,27H,3-6,8,10,12-13H2,1-2H3,(H,29,30)(H2,32,33,34);;/q;+1;-1/t16-,17-,18-,22+,23-,24-,25-;;/m0../s1. The van der Waals surface area contributed by atoms with Crippen molar-refractivity contribution in [3.05, 3.63) is 23.8 Å². The van der Waals surface area contributed by atoms with Crippen LogP contribution in [0.15, 0.2) is 23.8 Å². The van der Waals surface area contributed by atoms with Gasteiger partial charge in [0.15, 0.2) is 12.4 Å². The molecule has 0 heterocycles. The van der Waals surface area contributed by atoms with Crippen molar-refractivity contribution >= 4 is 31.3 Å². The Morgan fingerprint density at radius 1 is 1.18 bits per heavy atom. The summed E-state index contributed by atoms with van der Waals surface area (Å²) in [7, 11) is -5.19. The van der Waals surface area contributed by atoms with Gasteiger partial charge in [-0.05, 0) is 56.1 Å². The number of aliphatic hydroxyl groups is 1. The van der Waals surface area contributed by atoms with Crippen LogP contribution in [-0.4, -0.2) is 61.8 Å². The van der Waals surface area contributed by atoms with Crippen LogP contribution in [0.4, 0.5) is 0 Å². The summed E-state index contributed by atoms with van der Waals surface area (Å²) in [6.07, 6.45) is 4.70. The van der Waals surface area contributed by atoms with E-state index in [0.717, 1.165) is 5.57 Å². The van der Waals surface area contributed by atoms with Crippen LogP contribution < -0.4 is 29.6 Å². The largest absolute Gasteiger partial charge is 1.00 e. The van der Waals surface area contributed by atoms with E-state index in [1.54, 1.807) is 13.0 Å². The van der Waals surface area contributed by atoms with E-state index in [4.69, 9.17) is 14.4 Å². The van der Waals surface area contributed by atoms with E-state index in [2.05, 4.69) is 0 Å². The van der Waals surface area contributed by atoms with Gasteiger partial charge in [0.05, 0.1) is 18.9 Å². The second-order valence-electron chi connectivity index (χ2n) is 11.1. The number of phosphoric ester groups is 1. The maximum absolute atomic E-state index is 13.5. The van der Waals surface area contributed by atoms with E-state index in [0.29, 0.717) is 19.3 Å². The summed E-state index contributed by atoms with van der Waals surface area (Å²) in [6.45, 7) is 2.85. The molecule has 0 bridgehead atoms. The van der Waals surface area contributed by atoms with Gasteiger partial charge in [0.1, 0.15) is 5.60 Å². The number of aliphatic hydroxyl groups excluding tert-OH is 1. The van der Waals surface area contributed by atoms with Crippen molar-refractivity contribution in [2.24, 2.45) is 28.6 Å². The van der Waals surface area contributed by atoms with Crippen LogP contribution in [0.2, 0.25) is 0 Å². The van der Waals surface area contributed by atoms with E-state index in [1.165, 1.54) is 6.08 Å². The van der Waals surface area contributed by atoms with E-state index in [1.807, 2.05) is 13.0 Å². The van der Waals surface area contributed by atoms with Crippen LogP contribution in [0.1, 0.15) is 60.2 Å². The molecule has 11 nitrogen and oxygen atoms in total. The Morgan fingerprint density at radius 3 is 2.50 bits per heavy atom. The van der Waals surface area contributed by atoms with Gasteiger partial charge in [0.2, 0.25) is 5.78 Å². The van der Waals surface area contributed by atoms with Gasteiger partial charge >= 0.3 is 49.3 Å². The summed E-state index contributed by atoms with van der Waals surface area (Å²) >= 11 is 0. The first-order chi connectivity index (χ1) is 17.1. The maximum Gasteiger partial charge on any atom is 1.00 e. The number of phosphoric acid groups is 1. The van der Waals surface area contributed by atoms with Gasteiger partial charge in [0.25, 0.3) is 0 Å². The quantitative estimate of drug-likeness (QED) is 0.164. The maximum atomic E-state index is 13.5. The van der Waals surface area contributed by atoms with Crippen LogP contribution in [0.3, 0.4) is 0 Å². The van der Waals surface area contributed by atoms with Crippen LogP contribution in [0.25, 0.3) is 0 Å². The molecular formula is C25H34NaO11P. The molecule has 0 aliphatic heterocycles. The summed E-state index contributed by atoms with van der Waals surface area (Å²) < 4.78 is 22.3. The molecule has 0 aromatic heterocycles. The number of hydrogen-bond donors (Lipinski definition) is 4. The normalized spacial score (nSPS) is 37.7. The number of Topliss-reactive ketones (excluding diaryl/α,β-unsaturated/α-hetero) is 1. The number of hydrogen-bond acceptors (Lipinski definition) is 8. The fourth-order valence-corrected chi connectivity index (χ4v) is 8.53. The molecule has 206 valence electrons. The first-order valence-electron chi connectivity index (χ1n) is 12.4. The molecule has 0 aromatic carbocycles. The van der Waals surface area contributed by atoms with E-state index in [-0.39, 0.29) is 67.4 Å². The first-order valence-corrected chi connectivity index (χ1v) is 14.0. The smallest absolute Gasteiger partial charge is 1.00 e. The Balaban J connectivity index is 0.00000267. The zero-order valence-corrected chi connectivity index (χ0v) is 24.7. The van der Waals surface area contributed by atoms with Gasteiger partial charge in [-0.15, -0.1) is 0 Å². The number of carbonyl (C=O) groups is 4. The molecule has 0 saturated heterocycles. The molecule has 4 rings (SSSR count). The van der Waals surface area contributed by atoms with Crippen LogP contribution in [-0.2, 0) is 33.0 Å². The van der Waals surface area contributed by atoms with Gasteiger partial charge in [0, 0.05) is 16.7 Å². The van der Waals surface area contributed by atoms with Crippen molar-refractivity contribution < 1.29 is 84.0 Å². The molecule has 3 fully saturated rings. The van der Waals surface area contributed by atoms with Crippen molar-refractivity contribution in [1.82, 2.24) is 0 Å². The number of carboxylic acids is 1. The van der Waals surface area contributed by atoms with E-state index >= 15 is 0 Å². The molecule has 4 aliphatic carbocycles. The number of esters is 1. The molecule has 7 atom stereocenters. The molecule has 38 heavy (non-hydrogen) atoms. The number of aliphatic carboxylic acids is 1. The molecule has 0 amide bonds. The number of ketones is 2. The van der Waals surface area contributed by atoms with E-state index < -0.39 is 67.5 Å². The van der Waals surface area contributed by atoms with Crippen LogP contribution in [0.5, 0.6) is 0 Å². The predicted molar refractivity (Wildman–Crippen MR) is 128 cm³/mol. The summed E-state index contributed by atoms with van der Waals surface area (Å²) in [6, 6.07) is 0. The van der Waals surface area contributed by atoms with Crippen molar-refractivity contribution in [2.45, 2.75) is 70.5 Å². The fraction of sp³-hybridized carbons (Fsp3) is 0.680. The summed E-state index contributed by atoms with van der Waals surface area (Å²) in [4.78, 5) is 67.8. The van der Waals surface area contributed by atoms with Crippen molar-refractivity contribution in [3.8, 4) is 0 Å². The van der Waals surface area contributed by atoms with Gasteiger partial charge in [-0.3, -0.25) is 23.7 Å². The number of ether oxygens (including phenoxy) is 1. The van der Waals surface area contributed by atoms with Gasteiger partial charge in [-0.2, -0.15) is 0 Å². The van der Waals surface area contributed by atoms with Crippen molar-refractivity contribution in [1.29, 1.82) is 0 Å². The van der Waals surface area contributed by atoms with Crippen molar-refractivity contribution in [2.75, 3.05) is 6.61 Å². The molecular weight excluding hydrogens is 530 g/mol. The number of carbonyl (C=O) groups excluding carboxylic acids is 3. The Bertz CT molecular complexity index is 1140. The molecule has 0 radical (unpaired) electrons. The Hall–Kier alpha value is -1.17. The number of rotatable bonds is 8. The summed E-state index contributed by atoms with van der Waals surface area (Å²) in [5.74, 6) is -3.67. The fourth-order valence-electron chi connectivity index (χ4n) is 7.72. The summed E-state index contributed by atoms with van der Waals surface area (Å²) in [5, 5.41) is 20.2. The minimum atomic E-state index is -5.19. The third-order valence-corrected chi connectivity index (χ3v) is 9.80. The monoisotopic (exact) mass is 564 g/mol. The first kappa shape index (κ1) is 31.4. The molecule has 0 aromatic rings. The average molecular weight is 565 g/mol. The second kappa shape index (κ2) is 11.0. The van der Waals surface area contributed by atoms with Gasteiger partial charge in [-0.25, -0.2) is 4.57 Å². The third-order valence-electron chi connectivity index (χ3n) is 9.25. The van der Waals surface area contributed by atoms with Gasteiger partial charge < -0.3 is 26.2 Å². The molecule has 4 aliphatic rings. The third kappa shape index (κ3) is 5.41. The molecule has 3 saturated carbocycles. The average Bonchev–Trinajstić information content (AvgIpc) is 3.07. The molecule has 4 N–H and O–H groups in total. The Kier molecular flexibility index (Phi) is 9.09. The zero-order chi connectivity index (χ0) is 27.4. The molecule has 13 heteroatoms. The zero-order valence-electron chi connectivity index (χ0n) is 22.8. The topological polar surface area (TPSA) is 185 Å². The predicted octanol–water partition coefficient (Wildman–Crippen LogP) is -0.793. The summed E-state index contributed by atoms with van der Waals surface area (Å²) in [5.41, 5.74) is -2.80. The number of fused-ring (bicyclic) bond motifs is 5. The minimum Gasteiger partial charge on any atom is -1.00 e. The SMILES string of the molecule is C[C@]12C=CC(=O)C=C1CC[C@@H]1[C@@H]2[C@@H](O)C[C@@]2(C)[C@H]1CC[C@]2(OP(=O)(O)O)C(=O)COC(=O)CCC(=O)O.[H-].[Na+]. The van der Waals surface area contributed by atoms with Crippen molar-refractivity contribution in [3.63, 3.8) is 0 Å².